The topological polar surface area (TPSA) is 32.7 Å². The first-order valence-electron chi connectivity index (χ1n) is 5.08. The Labute approximate surface area is 90.0 Å². The molecule has 0 aromatic heterocycles. The average molecular weight is 225 g/mol. The minimum atomic E-state index is -2.36. The minimum Gasteiger partial charge on any atom is -0.395 e. The van der Waals surface area contributed by atoms with Crippen molar-refractivity contribution in [2.45, 2.75) is 32.3 Å². The number of aliphatic hydroxyl groups excluding tert-OH is 1. The molecule has 92 valence electrons. The third kappa shape index (κ3) is 7.64. The third-order valence-electron chi connectivity index (χ3n) is 2.40. The third-order valence-corrected chi connectivity index (χ3v) is 2.40. The molecular formula is C10H21F2NO2. The molecule has 0 saturated carbocycles. The zero-order valence-corrected chi connectivity index (χ0v) is 9.67. The predicted molar refractivity (Wildman–Crippen MR) is 55.2 cm³/mol. The van der Waals surface area contributed by atoms with Crippen molar-refractivity contribution in [2.24, 2.45) is 0 Å². The van der Waals surface area contributed by atoms with E-state index >= 15 is 0 Å². The maximum absolute atomic E-state index is 12.2. The number of rotatable bonds is 8. The Hall–Kier alpha value is -0.260. The van der Waals surface area contributed by atoms with Gasteiger partial charge in [-0.15, -0.1) is 0 Å². The van der Waals surface area contributed by atoms with E-state index in [0.717, 1.165) is 0 Å². The van der Waals surface area contributed by atoms with Crippen molar-refractivity contribution >= 4 is 0 Å². The fraction of sp³-hybridized carbons (Fsp3) is 1.00. The lowest BCUT2D eigenvalue weighted by molar-refractivity contribution is -0.000198. The Balaban J connectivity index is 3.94. The Kier molecular flexibility index (Phi) is 6.96. The van der Waals surface area contributed by atoms with E-state index in [9.17, 15) is 8.78 Å². The molecule has 0 aromatic rings. The molecule has 0 radical (unpaired) electrons. The van der Waals surface area contributed by atoms with Gasteiger partial charge >= 0.3 is 0 Å². The van der Waals surface area contributed by atoms with Gasteiger partial charge in [0.05, 0.1) is 18.8 Å². The summed E-state index contributed by atoms with van der Waals surface area (Å²) in [5.41, 5.74) is -0.310. The predicted octanol–water partition coefficient (Wildman–Crippen LogP) is 1.36. The molecule has 5 heteroatoms. The zero-order chi connectivity index (χ0) is 11.9. The summed E-state index contributed by atoms with van der Waals surface area (Å²) in [5.74, 6) is 0. The first-order valence-corrected chi connectivity index (χ1v) is 5.08. The number of alkyl halides is 2. The molecule has 0 atom stereocenters. The van der Waals surface area contributed by atoms with Crippen molar-refractivity contribution in [2.75, 3.05) is 33.4 Å². The van der Waals surface area contributed by atoms with E-state index in [1.165, 1.54) is 0 Å². The number of hydrogen-bond donors (Lipinski definition) is 1. The molecule has 0 aliphatic heterocycles. The van der Waals surface area contributed by atoms with Gasteiger partial charge in [0.25, 0.3) is 6.43 Å². The Bertz CT molecular complexity index is 166. The van der Waals surface area contributed by atoms with E-state index in [4.69, 9.17) is 9.84 Å². The van der Waals surface area contributed by atoms with Gasteiger partial charge in [-0.1, -0.05) is 0 Å². The van der Waals surface area contributed by atoms with Gasteiger partial charge in [-0.2, -0.15) is 0 Å². The molecule has 0 aromatic carbocycles. The van der Waals surface area contributed by atoms with Gasteiger partial charge in [0.1, 0.15) is 0 Å². The fourth-order valence-electron chi connectivity index (χ4n) is 1.16. The van der Waals surface area contributed by atoms with Crippen LogP contribution in [0.3, 0.4) is 0 Å². The molecular weight excluding hydrogens is 204 g/mol. The summed E-state index contributed by atoms with van der Waals surface area (Å²) >= 11 is 0. The summed E-state index contributed by atoms with van der Waals surface area (Å²) in [4.78, 5) is 1.55. The van der Waals surface area contributed by atoms with Gasteiger partial charge in [0.15, 0.2) is 0 Å². The van der Waals surface area contributed by atoms with Crippen molar-refractivity contribution in [3.8, 4) is 0 Å². The molecule has 0 aliphatic carbocycles. The number of methoxy groups -OCH3 is 1. The van der Waals surface area contributed by atoms with Crippen molar-refractivity contribution in [1.29, 1.82) is 0 Å². The lowest BCUT2D eigenvalue weighted by Gasteiger charge is -2.27. The summed E-state index contributed by atoms with van der Waals surface area (Å²) < 4.78 is 29.5. The monoisotopic (exact) mass is 225 g/mol. The van der Waals surface area contributed by atoms with E-state index < -0.39 is 6.43 Å². The number of halogens is 2. The smallest absolute Gasteiger partial charge is 0.251 e. The van der Waals surface area contributed by atoms with Gasteiger partial charge in [-0.25, -0.2) is 8.78 Å². The molecule has 0 amide bonds. The van der Waals surface area contributed by atoms with Crippen LogP contribution in [0.2, 0.25) is 0 Å². The van der Waals surface area contributed by atoms with Crippen molar-refractivity contribution in [3.05, 3.63) is 0 Å². The van der Waals surface area contributed by atoms with E-state index in [1.54, 1.807) is 12.0 Å². The van der Waals surface area contributed by atoms with Gasteiger partial charge in [-0.3, -0.25) is 4.90 Å². The molecule has 3 nitrogen and oxygen atoms in total. The van der Waals surface area contributed by atoms with Gasteiger partial charge in [0.2, 0.25) is 0 Å². The fourth-order valence-corrected chi connectivity index (χ4v) is 1.16. The van der Waals surface area contributed by atoms with E-state index in [0.29, 0.717) is 13.0 Å². The molecule has 0 spiro atoms. The van der Waals surface area contributed by atoms with Crippen LogP contribution in [0.5, 0.6) is 0 Å². The molecule has 1 N–H and O–H groups in total. The Morgan fingerprint density at radius 3 is 2.33 bits per heavy atom. The molecule has 0 rings (SSSR count). The number of aliphatic hydroxyl groups is 1. The quantitative estimate of drug-likeness (QED) is 0.677. The van der Waals surface area contributed by atoms with E-state index in [2.05, 4.69) is 0 Å². The normalized spacial score (nSPS) is 12.8. The minimum absolute atomic E-state index is 0.0971. The van der Waals surface area contributed by atoms with Crippen LogP contribution < -0.4 is 0 Å². The van der Waals surface area contributed by atoms with E-state index in [1.807, 2.05) is 13.8 Å². The Morgan fingerprint density at radius 1 is 1.33 bits per heavy atom. The van der Waals surface area contributed by atoms with Crippen LogP contribution in [0.15, 0.2) is 0 Å². The first-order chi connectivity index (χ1) is 6.91. The Morgan fingerprint density at radius 2 is 1.93 bits per heavy atom. The number of nitrogens with zero attached hydrogens (tertiary/aromatic N) is 1. The van der Waals surface area contributed by atoms with Crippen LogP contribution in [0.25, 0.3) is 0 Å². The van der Waals surface area contributed by atoms with Gasteiger partial charge < -0.3 is 9.84 Å². The highest BCUT2D eigenvalue weighted by molar-refractivity contribution is 4.71. The summed E-state index contributed by atoms with van der Waals surface area (Å²) in [6, 6.07) is 0. The molecule has 0 fully saturated rings. The molecule has 0 bridgehead atoms. The second-order valence-electron chi connectivity index (χ2n) is 4.13. The second kappa shape index (κ2) is 7.09. The summed E-state index contributed by atoms with van der Waals surface area (Å²) in [6.45, 7) is 4.22. The van der Waals surface area contributed by atoms with Gasteiger partial charge in [-0.05, 0) is 20.3 Å². The second-order valence-corrected chi connectivity index (χ2v) is 4.13. The molecule has 0 unspecified atom stereocenters. The van der Waals surface area contributed by atoms with Crippen molar-refractivity contribution in [3.63, 3.8) is 0 Å². The maximum atomic E-state index is 12.2. The van der Waals surface area contributed by atoms with Crippen LogP contribution in [0.1, 0.15) is 20.3 Å². The highest BCUT2D eigenvalue weighted by atomic mass is 19.3. The summed E-state index contributed by atoms with van der Waals surface area (Å²) in [7, 11) is 1.60. The highest BCUT2D eigenvalue weighted by Crippen LogP contribution is 2.13. The summed E-state index contributed by atoms with van der Waals surface area (Å²) in [5, 5.41) is 8.72. The first kappa shape index (κ1) is 14.7. The molecule has 0 saturated heterocycles. The SMILES string of the molecule is COC(C)(C)CCN(CCO)CC(F)F. The summed E-state index contributed by atoms with van der Waals surface area (Å²) in [6.07, 6.45) is -1.70. The van der Waals surface area contributed by atoms with Crippen molar-refractivity contribution < 1.29 is 18.6 Å². The maximum Gasteiger partial charge on any atom is 0.251 e. The lowest BCUT2D eigenvalue weighted by Crippen LogP contribution is -2.36. The lowest BCUT2D eigenvalue weighted by atomic mass is 10.1. The molecule has 0 aliphatic rings. The van der Waals surface area contributed by atoms with Crippen LogP contribution >= 0.6 is 0 Å². The largest absolute Gasteiger partial charge is 0.395 e. The van der Waals surface area contributed by atoms with Crippen LogP contribution in [-0.4, -0.2) is 55.4 Å². The molecule has 0 heterocycles. The zero-order valence-electron chi connectivity index (χ0n) is 9.67. The van der Waals surface area contributed by atoms with Gasteiger partial charge in [0, 0.05) is 20.2 Å². The van der Waals surface area contributed by atoms with E-state index in [-0.39, 0.29) is 25.3 Å². The number of ether oxygens (including phenoxy) is 1. The molecule has 15 heavy (non-hydrogen) atoms. The standard InChI is InChI=1S/C10H21F2NO2/c1-10(2,15-3)4-5-13(6-7-14)8-9(11)12/h9,14H,4-8H2,1-3H3. The van der Waals surface area contributed by atoms with Crippen LogP contribution in [-0.2, 0) is 4.74 Å². The van der Waals surface area contributed by atoms with Crippen LogP contribution in [0, 0.1) is 0 Å². The highest BCUT2D eigenvalue weighted by Gasteiger charge is 2.19. The van der Waals surface area contributed by atoms with Crippen molar-refractivity contribution in [1.82, 2.24) is 4.90 Å². The van der Waals surface area contributed by atoms with Crippen LogP contribution in [0.4, 0.5) is 8.78 Å². The average Bonchev–Trinajstić information content (AvgIpc) is 2.14. The number of hydrogen-bond acceptors (Lipinski definition) is 3.